The summed E-state index contributed by atoms with van der Waals surface area (Å²) in [5, 5.41) is 2.76. The van der Waals surface area contributed by atoms with Gasteiger partial charge in [-0.1, -0.05) is 29.8 Å². The van der Waals surface area contributed by atoms with Crippen molar-refractivity contribution in [3.63, 3.8) is 0 Å². The molecule has 2 nitrogen and oxygen atoms in total. The Labute approximate surface area is 105 Å². The first-order valence-electron chi connectivity index (χ1n) is 5.74. The zero-order chi connectivity index (χ0) is 13.0. The lowest BCUT2D eigenvalue weighted by molar-refractivity contribution is 0.0951. The molecule has 0 aliphatic heterocycles. The van der Waals surface area contributed by atoms with Crippen molar-refractivity contribution in [2.45, 2.75) is 13.5 Å². The molecule has 0 atom stereocenters. The molecule has 0 spiro atoms. The summed E-state index contributed by atoms with van der Waals surface area (Å²) in [7, 11) is 0. The Morgan fingerprint density at radius 2 is 1.94 bits per heavy atom. The number of amides is 1. The van der Waals surface area contributed by atoms with E-state index in [1.165, 1.54) is 12.1 Å². The molecule has 0 saturated carbocycles. The van der Waals surface area contributed by atoms with Gasteiger partial charge in [0.2, 0.25) is 0 Å². The van der Waals surface area contributed by atoms with Gasteiger partial charge in [-0.15, -0.1) is 0 Å². The van der Waals surface area contributed by atoms with E-state index in [0.29, 0.717) is 12.1 Å². The Morgan fingerprint density at radius 3 is 2.67 bits per heavy atom. The van der Waals surface area contributed by atoms with Crippen LogP contribution in [-0.4, -0.2) is 5.91 Å². The number of nitrogens with one attached hydrogen (secondary N) is 1. The minimum atomic E-state index is -0.294. The highest BCUT2D eigenvalue weighted by Crippen LogP contribution is 2.06. The Balaban J connectivity index is 2.00. The molecule has 3 heteroatoms. The number of aryl methyl sites for hydroxylation is 1. The van der Waals surface area contributed by atoms with Crippen LogP contribution >= 0.6 is 0 Å². The third-order valence-corrected chi connectivity index (χ3v) is 2.62. The van der Waals surface area contributed by atoms with Crippen molar-refractivity contribution in [1.29, 1.82) is 0 Å². The van der Waals surface area contributed by atoms with Gasteiger partial charge in [-0.25, -0.2) is 4.39 Å². The molecule has 0 saturated heterocycles. The summed E-state index contributed by atoms with van der Waals surface area (Å²) in [6, 6.07) is 13.6. The van der Waals surface area contributed by atoms with Crippen molar-refractivity contribution in [2.24, 2.45) is 0 Å². The standard InChI is InChI=1S/C15H14FNO/c1-11-4-2-6-13(8-11)15(18)17-10-12-5-3-7-14(16)9-12/h2-9H,10H2,1H3,(H,17,18). The third-order valence-electron chi connectivity index (χ3n) is 2.62. The minimum absolute atomic E-state index is 0.150. The molecular formula is C15H14FNO. The van der Waals surface area contributed by atoms with Crippen LogP contribution in [-0.2, 0) is 6.54 Å². The lowest BCUT2D eigenvalue weighted by atomic mass is 10.1. The Bertz CT molecular complexity index is 566. The van der Waals surface area contributed by atoms with E-state index in [1.54, 1.807) is 18.2 Å². The van der Waals surface area contributed by atoms with Crippen LogP contribution in [0.1, 0.15) is 21.5 Å². The number of halogens is 1. The van der Waals surface area contributed by atoms with E-state index in [0.717, 1.165) is 11.1 Å². The lowest BCUT2D eigenvalue weighted by Crippen LogP contribution is -2.22. The van der Waals surface area contributed by atoms with Gasteiger partial charge in [0, 0.05) is 12.1 Å². The van der Waals surface area contributed by atoms with Crippen LogP contribution < -0.4 is 5.32 Å². The second-order valence-corrected chi connectivity index (χ2v) is 4.18. The maximum atomic E-state index is 13.0. The topological polar surface area (TPSA) is 29.1 Å². The van der Waals surface area contributed by atoms with E-state index in [4.69, 9.17) is 0 Å². The van der Waals surface area contributed by atoms with Gasteiger partial charge in [0.25, 0.3) is 5.91 Å². The maximum absolute atomic E-state index is 13.0. The Kier molecular flexibility index (Phi) is 3.72. The van der Waals surface area contributed by atoms with E-state index >= 15 is 0 Å². The fourth-order valence-corrected chi connectivity index (χ4v) is 1.72. The van der Waals surface area contributed by atoms with Gasteiger partial charge < -0.3 is 5.32 Å². The Morgan fingerprint density at radius 1 is 1.17 bits per heavy atom. The second kappa shape index (κ2) is 5.45. The van der Waals surface area contributed by atoms with E-state index in [1.807, 2.05) is 25.1 Å². The molecule has 0 bridgehead atoms. The molecule has 18 heavy (non-hydrogen) atoms. The Hall–Kier alpha value is -2.16. The SMILES string of the molecule is Cc1cccc(C(=O)NCc2cccc(F)c2)c1. The van der Waals surface area contributed by atoms with Crippen molar-refractivity contribution < 1.29 is 9.18 Å². The molecule has 0 aliphatic rings. The minimum Gasteiger partial charge on any atom is -0.348 e. The monoisotopic (exact) mass is 243 g/mol. The summed E-state index contributed by atoms with van der Waals surface area (Å²) < 4.78 is 13.0. The number of carbonyl (C=O) groups is 1. The summed E-state index contributed by atoms with van der Waals surface area (Å²) >= 11 is 0. The highest BCUT2D eigenvalue weighted by atomic mass is 19.1. The van der Waals surface area contributed by atoms with E-state index < -0.39 is 0 Å². The molecule has 0 aromatic heterocycles. The van der Waals surface area contributed by atoms with E-state index in [9.17, 15) is 9.18 Å². The molecular weight excluding hydrogens is 229 g/mol. The van der Waals surface area contributed by atoms with Crippen molar-refractivity contribution >= 4 is 5.91 Å². The summed E-state index contributed by atoms with van der Waals surface area (Å²) in [4.78, 5) is 11.9. The molecule has 2 aromatic rings. The maximum Gasteiger partial charge on any atom is 0.251 e. The first kappa shape index (κ1) is 12.3. The van der Waals surface area contributed by atoms with Crippen LogP contribution in [0.2, 0.25) is 0 Å². The second-order valence-electron chi connectivity index (χ2n) is 4.18. The van der Waals surface area contributed by atoms with Crippen molar-refractivity contribution in [3.8, 4) is 0 Å². The molecule has 0 fully saturated rings. The molecule has 92 valence electrons. The van der Waals surface area contributed by atoms with Crippen molar-refractivity contribution in [3.05, 3.63) is 71.0 Å². The van der Waals surface area contributed by atoms with Gasteiger partial charge in [0.1, 0.15) is 5.82 Å². The molecule has 0 heterocycles. The van der Waals surface area contributed by atoms with Crippen molar-refractivity contribution in [1.82, 2.24) is 5.32 Å². The fraction of sp³-hybridized carbons (Fsp3) is 0.133. The third kappa shape index (κ3) is 3.17. The van der Waals surface area contributed by atoms with Crippen LogP contribution in [0, 0.1) is 12.7 Å². The molecule has 1 N–H and O–H groups in total. The van der Waals surface area contributed by atoms with Crippen LogP contribution in [0.5, 0.6) is 0 Å². The number of hydrogen-bond donors (Lipinski definition) is 1. The van der Waals surface area contributed by atoms with Gasteiger partial charge in [-0.2, -0.15) is 0 Å². The predicted molar refractivity (Wildman–Crippen MR) is 68.7 cm³/mol. The zero-order valence-corrected chi connectivity index (χ0v) is 10.1. The highest BCUT2D eigenvalue weighted by Gasteiger charge is 2.05. The number of rotatable bonds is 3. The van der Waals surface area contributed by atoms with E-state index in [2.05, 4.69) is 5.32 Å². The average molecular weight is 243 g/mol. The average Bonchev–Trinajstić information content (AvgIpc) is 2.36. The largest absolute Gasteiger partial charge is 0.348 e. The molecule has 2 aromatic carbocycles. The van der Waals surface area contributed by atoms with Crippen LogP contribution in [0.25, 0.3) is 0 Å². The van der Waals surface area contributed by atoms with Crippen LogP contribution in [0.15, 0.2) is 48.5 Å². The summed E-state index contributed by atoms with van der Waals surface area (Å²) in [6.45, 7) is 2.26. The molecule has 0 aliphatic carbocycles. The predicted octanol–water partition coefficient (Wildman–Crippen LogP) is 3.06. The van der Waals surface area contributed by atoms with E-state index in [-0.39, 0.29) is 11.7 Å². The van der Waals surface area contributed by atoms with Crippen molar-refractivity contribution in [2.75, 3.05) is 0 Å². The van der Waals surface area contributed by atoms with Gasteiger partial charge in [-0.3, -0.25) is 4.79 Å². The molecule has 0 radical (unpaired) electrons. The lowest BCUT2D eigenvalue weighted by Gasteiger charge is -2.06. The number of benzene rings is 2. The number of carbonyl (C=O) groups excluding carboxylic acids is 1. The first-order chi connectivity index (χ1) is 8.65. The summed E-state index contributed by atoms with van der Waals surface area (Å²) in [5.74, 6) is -0.444. The van der Waals surface area contributed by atoms with Gasteiger partial charge in [-0.05, 0) is 36.8 Å². The highest BCUT2D eigenvalue weighted by molar-refractivity contribution is 5.94. The van der Waals surface area contributed by atoms with Crippen LogP contribution in [0.3, 0.4) is 0 Å². The molecule has 1 amide bonds. The summed E-state index contributed by atoms with van der Waals surface area (Å²) in [6.07, 6.45) is 0. The quantitative estimate of drug-likeness (QED) is 0.882. The van der Waals surface area contributed by atoms with Gasteiger partial charge in [0.05, 0.1) is 0 Å². The fourth-order valence-electron chi connectivity index (χ4n) is 1.72. The summed E-state index contributed by atoms with van der Waals surface area (Å²) in [5.41, 5.74) is 2.40. The van der Waals surface area contributed by atoms with Gasteiger partial charge >= 0.3 is 0 Å². The normalized spacial score (nSPS) is 10.1. The zero-order valence-electron chi connectivity index (χ0n) is 10.1. The molecule has 2 rings (SSSR count). The number of hydrogen-bond acceptors (Lipinski definition) is 1. The van der Waals surface area contributed by atoms with Crippen LogP contribution in [0.4, 0.5) is 4.39 Å². The smallest absolute Gasteiger partial charge is 0.251 e. The molecule has 0 unspecified atom stereocenters. The van der Waals surface area contributed by atoms with Gasteiger partial charge in [0.15, 0.2) is 0 Å². The first-order valence-corrected chi connectivity index (χ1v) is 5.74.